The lowest BCUT2D eigenvalue weighted by Crippen LogP contribution is -2.27. The van der Waals surface area contributed by atoms with Crippen molar-refractivity contribution in [2.45, 2.75) is 45.0 Å². The Bertz CT molecular complexity index is 734. The van der Waals surface area contributed by atoms with Crippen LogP contribution in [0.5, 0.6) is 0 Å². The first-order chi connectivity index (χ1) is 12.5. The Balaban J connectivity index is 1.57. The molecule has 1 aromatic heterocycles. The van der Waals surface area contributed by atoms with Gasteiger partial charge in [-0.2, -0.15) is 0 Å². The van der Waals surface area contributed by atoms with Gasteiger partial charge in [0.15, 0.2) is 17.9 Å². The van der Waals surface area contributed by atoms with E-state index in [0.29, 0.717) is 24.6 Å². The van der Waals surface area contributed by atoms with Crippen LogP contribution >= 0.6 is 0 Å². The van der Waals surface area contributed by atoms with Crippen LogP contribution in [0.15, 0.2) is 18.2 Å². The fourth-order valence-corrected chi connectivity index (χ4v) is 2.82. The highest BCUT2D eigenvalue weighted by atomic mass is 19.2. The van der Waals surface area contributed by atoms with Gasteiger partial charge in [0.2, 0.25) is 11.9 Å². The van der Waals surface area contributed by atoms with Crippen molar-refractivity contribution in [3.8, 4) is 5.69 Å². The van der Waals surface area contributed by atoms with Crippen molar-refractivity contribution in [2.24, 2.45) is 0 Å². The summed E-state index contributed by atoms with van der Waals surface area (Å²) in [6.45, 7) is 3.27. The van der Waals surface area contributed by atoms with Gasteiger partial charge in [0.05, 0.1) is 11.8 Å². The number of benzene rings is 1. The number of nitrogens with two attached hydrogens (primary N) is 1. The van der Waals surface area contributed by atoms with Crippen molar-refractivity contribution in [1.29, 1.82) is 0 Å². The van der Waals surface area contributed by atoms with Crippen LogP contribution in [0.2, 0.25) is 0 Å². The molecule has 0 saturated carbocycles. The summed E-state index contributed by atoms with van der Waals surface area (Å²) < 4.78 is 39.5. The summed E-state index contributed by atoms with van der Waals surface area (Å²) in [7, 11) is 0. The molecule has 2 heterocycles. The molecule has 0 radical (unpaired) electrons. The van der Waals surface area contributed by atoms with Crippen molar-refractivity contribution < 1.29 is 18.3 Å². The van der Waals surface area contributed by atoms with E-state index >= 15 is 0 Å². The van der Waals surface area contributed by atoms with E-state index in [1.807, 2.05) is 6.92 Å². The van der Waals surface area contributed by atoms with Gasteiger partial charge in [-0.05, 0) is 44.7 Å². The molecule has 0 spiro atoms. The molecule has 0 bridgehead atoms. The van der Waals surface area contributed by atoms with E-state index in [-0.39, 0.29) is 18.3 Å². The molecule has 2 aromatic rings. The summed E-state index contributed by atoms with van der Waals surface area (Å²) >= 11 is 0. The summed E-state index contributed by atoms with van der Waals surface area (Å²) in [6, 6.07) is 3.50. The normalized spacial score (nSPS) is 18.7. The van der Waals surface area contributed by atoms with Gasteiger partial charge in [-0.3, -0.25) is 0 Å². The Morgan fingerprint density at radius 3 is 2.92 bits per heavy atom. The molecule has 2 unspecified atom stereocenters. The third kappa shape index (κ3) is 4.47. The molecular weight excluding hydrogens is 344 g/mol. The molecule has 3 N–H and O–H groups in total. The molecular formula is C17H23F2N5O2. The highest BCUT2D eigenvalue weighted by Gasteiger charge is 2.18. The Morgan fingerprint density at radius 1 is 1.35 bits per heavy atom. The van der Waals surface area contributed by atoms with Crippen LogP contribution in [0, 0.1) is 11.6 Å². The van der Waals surface area contributed by atoms with Crippen molar-refractivity contribution in [2.75, 3.05) is 24.2 Å². The zero-order chi connectivity index (χ0) is 18.5. The second-order valence-corrected chi connectivity index (χ2v) is 6.27. The van der Waals surface area contributed by atoms with Gasteiger partial charge in [-0.25, -0.2) is 13.3 Å². The topological polar surface area (TPSA) is 87.2 Å². The maximum atomic E-state index is 13.5. The molecule has 9 heteroatoms. The molecule has 0 aliphatic carbocycles. The maximum Gasteiger partial charge on any atom is 0.230 e. The Kier molecular flexibility index (Phi) is 6.00. The molecule has 2 atom stereocenters. The summed E-state index contributed by atoms with van der Waals surface area (Å²) in [4.78, 5) is 0. The largest absolute Gasteiger partial charge is 0.368 e. The van der Waals surface area contributed by atoms with Crippen molar-refractivity contribution in [3.63, 3.8) is 0 Å². The Hall–Kier alpha value is -2.26. The van der Waals surface area contributed by atoms with Gasteiger partial charge in [-0.1, -0.05) is 0 Å². The van der Waals surface area contributed by atoms with E-state index in [9.17, 15) is 8.78 Å². The van der Waals surface area contributed by atoms with Crippen LogP contribution in [0.4, 0.5) is 20.7 Å². The predicted molar refractivity (Wildman–Crippen MR) is 92.9 cm³/mol. The van der Waals surface area contributed by atoms with Gasteiger partial charge >= 0.3 is 0 Å². The lowest BCUT2D eigenvalue weighted by molar-refractivity contribution is -0.184. The second kappa shape index (κ2) is 8.41. The summed E-state index contributed by atoms with van der Waals surface area (Å²) in [5.41, 5.74) is 6.15. The van der Waals surface area contributed by atoms with Gasteiger partial charge in [-0.15, -0.1) is 10.2 Å². The fraction of sp³-hybridized carbons (Fsp3) is 0.529. The maximum absolute atomic E-state index is 13.5. The van der Waals surface area contributed by atoms with E-state index < -0.39 is 11.6 Å². The smallest absolute Gasteiger partial charge is 0.230 e. The summed E-state index contributed by atoms with van der Waals surface area (Å²) in [5.74, 6) is -1.45. The number of nitrogen functional groups attached to an aromatic ring is 1. The Labute approximate surface area is 150 Å². The van der Waals surface area contributed by atoms with Crippen LogP contribution in [0.25, 0.3) is 5.69 Å². The highest BCUT2D eigenvalue weighted by Crippen LogP contribution is 2.21. The molecule has 26 heavy (non-hydrogen) atoms. The van der Waals surface area contributed by atoms with Crippen molar-refractivity contribution in [3.05, 3.63) is 29.8 Å². The second-order valence-electron chi connectivity index (χ2n) is 6.27. The van der Waals surface area contributed by atoms with Crippen molar-refractivity contribution >= 4 is 11.9 Å². The molecule has 1 saturated heterocycles. The van der Waals surface area contributed by atoms with Gasteiger partial charge in [0.25, 0.3) is 0 Å². The lowest BCUT2D eigenvalue weighted by Gasteiger charge is -2.26. The van der Waals surface area contributed by atoms with E-state index in [1.165, 1.54) is 10.6 Å². The summed E-state index contributed by atoms with van der Waals surface area (Å²) in [5, 5.41) is 10.9. The van der Waals surface area contributed by atoms with E-state index in [1.54, 1.807) is 0 Å². The monoisotopic (exact) mass is 367 g/mol. The number of rotatable bonds is 7. The first-order valence-corrected chi connectivity index (χ1v) is 8.72. The van der Waals surface area contributed by atoms with Gasteiger partial charge < -0.3 is 20.5 Å². The van der Waals surface area contributed by atoms with Crippen LogP contribution in [-0.4, -0.2) is 40.3 Å². The van der Waals surface area contributed by atoms with Crippen LogP contribution in [0.3, 0.4) is 0 Å². The zero-order valence-corrected chi connectivity index (χ0v) is 14.6. The number of nitrogens with zero attached hydrogens (tertiary/aromatic N) is 3. The quantitative estimate of drug-likeness (QED) is 0.782. The molecule has 1 aliphatic heterocycles. The third-order valence-corrected chi connectivity index (χ3v) is 4.21. The number of hydrogen-bond acceptors (Lipinski definition) is 6. The first kappa shape index (κ1) is 18.5. The Morgan fingerprint density at radius 2 is 2.19 bits per heavy atom. The predicted octanol–water partition coefficient (Wildman–Crippen LogP) is 2.86. The molecule has 7 nitrogen and oxygen atoms in total. The number of aromatic nitrogens is 3. The van der Waals surface area contributed by atoms with E-state index in [4.69, 9.17) is 15.2 Å². The third-order valence-electron chi connectivity index (χ3n) is 4.21. The molecule has 1 aromatic carbocycles. The average molecular weight is 367 g/mol. The first-order valence-electron chi connectivity index (χ1n) is 8.72. The van der Waals surface area contributed by atoms with Crippen molar-refractivity contribution in [1.82, 2.24) is 14.8 Å². The molecule has 3 rings (SSSR count). The molecule has 1 fully saturated rings. The molecule has 0 amide bonds. The minimum Gasteiger partial charge on any atom is -0.368 e. The number of halogens is 2. The minimum absolute atomic E-state index is 0.00239. The number of hydrogen-bond donors (Lipinski definition) is 2. The number of nitrogens with one attached hydrogen (secondary N) is 1. The lowest BCUT2D eigenvalue weighted by atomic mass is 10.2. The zero-order valence-electron chi connectivity index (χ0n) is 14.6. The van der Waals surface area contributed by atoms with Gasteiger partial charge in [0, 0.05) is 19.2 Å². The van der Waals surface area contributed by atoms with E-state index in [0.717, 1.165) is 38.0 Å². The number of anilines is 2. The number of ether oxygens (including phenoxy) is 2. The molecule has 142 valence electrons. The highest BCUT2D eigenvalue weighted by molar-refractivity contribution is 5.48. The average Bonchev–Trinajstić information content (AvgIpc) is 2.99. The fourth-order valence-electron chi connectivity index (χ4n) is 2.82. The van der Waals surface area contributed by atoms with Crippen LogP contribution < -0.4 is 11.1 Å². The van der Waals surface area contributed by atoms with Crippen LogP contribution in [-0.2, 0) is 9.47 Å². The SMILES string of the molecule is CC(CCNc1nnc(N)n1-c1ccc(F)c(F)c1)OC1CCCCO1. The minimum atomic E-state index is -0.962. The molecule has 1 aliphatic rings. The standard InChI is InChI=1S/C17H23F2N5O2/c1-11(26-15-4-2-3-9-25-15)7-8-21-17-23-22-16(20)24(17)12-5-6-13(18)14(19)10-12/h5-6,10-11,15H,2-4,7-9H2,1H3,(H2,20,22)(H,21,23). The van der Waals surface area contributed by atoms with Gasteiger partial charge in [0.1, 0.15) is 0 Å². The van der Waals surface area contributed by atoms with E-state index in [2.05, 4.69) is 15.5 Å². The van der Waals surface area contributed by atoms with Crippen LogP contribution in [0.1, 0.15) is 32.6 Å². The summed E-state index contributed by atoms with van der Waals surface area (Å²) in [6.07, 6.45) is 3.69.